The molecule has 0 heterocycles. The molecule has 0 aliphatic heterocycles. The van der Waals surface area contributed by atoms with Crippen molar-refractivity contribution in [3.8, 4) is 0 Å². The highest BCUT2D eigenvalue weighted by atomic mass is 16.5. The zero-order valence-corrected chi connectivity index (χ0v) is 10.7. The molecule has 0 radical (unpaired) electrons. The highest BCUT2D eigenvalue weighted by molar-refractivity contribution is 5.69. The van der Waals surface area contributed by atoms with Crippen LogP contribution in [0, 0.1) is 5.41 Å². The van der Waals surface area contributed by atoms with Gasteiger partial charge < -0.3 is 10.1 Å². The summed E-state index contributed by atoms with van der Waals surface area (Å²) in [6, 6.07) is 0. The van der Waals surface area contributed by atoms with E-state index in [0.29, 0.717) is 6.42 Å². The summed E-state index contributed by atoms with van der Waals surface area (Å²) in [4.78, 5) is 11.5. The molecule has 0 saturated carbocycles. The first kappa shape index (κ1) is 14.4. The molecule has 90 valence electrons. The third-order valence-corrected chi connectivity index (χ3v) is 2.42. The Kier molecular flexibility index (Phi) is 6.57. The molecule has 0 amide bonds. The number of carbonyl (C=O) groups excluding carboxylic acids is 1. The molecule has 1 N–H and O–H groups in total. The summed E-state index contributed by atoms with van der Waals surface area (Å²) < 4.78 is 5.44. The number of hydrogen-bond acceptors (Lipinski definition) is 3. The van der Waals surface area contributed by atoms with Crippen molar-refractivity contribution in [1.29, 1.82) is 0 Å². The average Bonchev–Trinajstić information content (AvgIpc) is 2.12. The minimum Gasteiger partial charge on any atom is -0.462 e. The first-order valence-electron chi connectivity index (χ1n) is 5.76. The van der Waals surface area contributed by atoms with E-state index in [1.165, 1.54) is 0 Å². The molecule has 0 aromatic carbocycles. The minimum absolute atomic E-state index is 0.0274. The summed E-state index contributed by atoms with van der Waals surface area (Å²) in [7, 11) is 1.88. The van der Waals surface area contributed by atoms with Gasteiger partial charge in [-0.3, -0.25) is 4.79 Å². The predicted octanol–water partition coefficient (Wildman–Crippen LogP) is 2.35. The molecule has 0 fully saturated rings. The molecule has 3 nitrogen and oxygen atoms in total. The van der Waals surface area contributed by atoms with Crippen LogP contribution in [-0.4, -0.2) is 25.7 Å². The van der Waals surface area contributed by atoms with E-state index >= 15 is 0 Å². The highest BCUT2D eigenvalue weighted by Crippen LogP contribution is 2.25. The van der Waals surface area contributed by atoms with Gasteiger partial charge in [0.05, 0.1) is 0 Å². The fraction of sp³-hybridized carbons (Fsp3) is 0.917. The van der Waals surface area contributed by atoms with Crippen molar-refractivity contribution in [3.05, 3.63) is 0 Å². The van der Waals surface area contributed by atoms with Gasteiger partial charge in [-0.25, -0.2) is 0 Å². The van der Waals surface area contributed by atoms with Gasteiger partial charge in [-0.05, 0) is 31.8 Å². The van der Waals surface area contributed by atoms with Crippen molar-refractivity contribution in [2.45, 2.75) is 53.1 Å². The smallest absolute Gasteiger partial charge is 0.306 e. The summed E-state index contributed by atoms with van der Waals surface area (Å²) in [6.07, 6.45) is 2.25. The topological polar surface area (TPSA) is 38.3 Å². The van der Waals surface area contributed by atoms with Crippen LogP contribution in [0.2, 0.25) is 0 Å². The van der Waals surface area contributed by atoms with Gasteiger partial charge in [0.1, 0.15) is 6.10 Å². The van der Waals surface area contributed by atoms with Crippen LogP contribution in [-0.2, 0) is 9.53 Å². The van der Waals surface area contributed by atoms with Gasteiger partial charge >= 0.3 is 5.97 Å². The Labute approximate surface area is 93.6 Å². The largest absolute Gasteiger partial charge is 0.462 e. The van der Waals surface area contributed by atoms with Gasteiger partial charge in [0, 0.05) is 6.42 Å². The molecule has 0 aliphatic carbocycles. The molecule has 3 heteroatoms. The lowest BCUT2D eigenvalue weighted by atomic mass is 9.87. The average molecular weight is 215 g/mol. The maximum absolute atomic E-state index is 11.5. The third-order valence-electron chi connectivity index (χ3n) is 2.42. The molecule has 0 spiro atoms. The Bertz CT molecular complexity index is 185. The Balaban J connectivity index is 3.92. The van der Waals surface area contributed by atoms with Crippen LogP contribution in [0.4, 0.5) is 0 Å². The lowest BCUT2D eigenvalue weighted by molar-refractivity contribution is -0.155. The monoisotopic (exact) mass is 215 g/mol. The molecule has 0 aliphatic rings. The second-order valence-electron chi connectivity index (χ2n) is 4.96. The second kappa shape index (κ2) is 6.83. The fourth-order valence-electron chi connectivity index (χ4n) is 1.50. The molecule has 1 atom stereocenters. The van der Waals surface area contributed by atoms with E-state index in [2.05, 4.69) is 33.0 Å². The van der Waals surface area contributed by atoms with E-state index in [1.54, 1.807) is 0 Å². The van der Waals surface area contributed by atoms with E-state index in [9.17, 15) is 4.79 Å². The van der Waals surface area contributed by atoms with E-state index in [1.807, 2.05) is 7.05 Å². The summed E-state index contributed by atoms with van der Waals surface area (Å²) in [6.45, 7) is 9.21. The van der Waals surface area contributed by atoms with Crippen molar-refractivity contribution in [2.75, 3.05) is 13.6 Å². The fourth-order valence-corrected chi connectivity index (χ4v) is 1.50. The Morgan fingerprint density at radius 1 is 1.40 bits per heavy atom. The molecular weight excluding hydrogens is 190 g/mol. The van der Waals surface area contributed by atoms with Gasteiger partial charge in [-0.1, -0.05) is 27.7 Å². The highest BCUT2D eigenvalue weighted by Gasteiger charge is 2.26. The Morgan fingerprint density at radius 2 is 2.00 bits per heavy atom. The Morgan fingerprint density at radius 3 is 2.40 bits per heavy atom. The first-order chi connectivity index (χ1) is 6.91. The summed E-state index contributed by atoms with van der Waals surface area (Å²) in [5.41, 5.74) is 0.0351. The van der Waals surface area contributed by atoms with Crippen LogP contribution >= 0.6 is 0 Å². The van der Waals surface area contributed by atoms with Crippen LogP contribution < -0.4 is 5.32 Å². The second-order valence-corrected chi connectivity index (χ2v) is 4.96. The number of esters is 1. The van der Waals surface area contributed by atoms with Gasteiger partial charge in [-0.15, -0.1) is 0 Å². The van der Waals surface area contributed by atoms with Crippen molar-refractivity contribution >= 4 is 5.97 Å². The number of rotatable bonds is 6. The minimum atomic E-state index is -0.0768. The molecule has 0 saturated heterocycles. The van der Waals surface area contributed by atoms with Crippen molar-refractivity contribution in [2.24, 2.45) is 5.41 Å². The maximum Gasteiger partial charge on any atom is 0.306 e. The summed E-state index contributed by atoms with van der Waals surface area (Å²) in [5, 5.41) is 3.01. The molecule has 1 unspecified atom stereocenters. The molecule has 15 heavy (non-hydrogen) atoms. The quantitative estimate of drug-likeness (QED) is 0.546. The Hall–Kier alpha value is -0.570. The van der Waals surface area contributed by atoms with Gasteiger partial charge in [0.25, 0.3) is 0 Å². The van der Waals surface area contributed by atoms with Crippen molar-refractivity contribution in [1.82, 2.24) is 5.32 Å². The van der Waals surface area contributed by atoms with Gasteiger partial charge in [-0.2, -0.15) is 0 Å². The third kappa shape index (κ3) is 6.50. The lowest BCUT2D eigenvalue weighted by Gasteiger charge is -2.29. The number of hydrogen-bond donors (Lipinski definition) is 1. The van der Waals surface area contributed by atoms with Crippen LogP contribution in [0.3, 0.4) is 0 Å². The zero-order chi connectivity index (χ0) is 11.9. The van der Waals surface area contributed by atoms with Gasteiger partial charge in [0.2, 0.25) is 0 Å². The molecular formula is C12H25NO2. The summed E-state index contributed by atoms with van der Waals surface area (Å²) in [5.74, 6) is -0.0768. The van der Waals surface area contributed by atoms with Crippen LogP contribution in [0.15, 0.2) is 0 Å². The van der Waals surface area contributed by atoms with E-state index in [0.717, 1.165) is 19.4 Å². The van der Waals surface area contributed by atoms with E-state index in [-0.39, 0.29) is 17.5 Å². The predicted molar refractivity (Wildman–Crippen MR) is 62.8 cm³/mol. The normalized spacial score (nSPS) is 13.7. The van der Waals surface area contributed by atoms with E-state index in [4.69, 9.17) is 4.74 Å². The number of nitrogens with one attached hydrogen (secondary N) is 1. The standard InChI is InChI=1S/C12H25NO2/c1-6-10(12(2,3)4)15-11(14)8-7-9-13-5/h10,13H,6-9H2,1-5H3. The molecule has 0 aromatic heterocycles. The molecule has 0 bridgehead atoms. The first-order valence-corrected chi connectivity index (χ1v) is 5.76. The van der Waals surface area contributed by atoms with Crippen LogP contribution in [0.25, 0.3) is 0 Å². The summed E-state index contributed by atoms with van der Waals surface area (Å²) >= 11 is 0. The lowest BCUT2D eigenvalue weighted by Crippen LogP contribution is -2.31. The van der Waals surface area contributed by atoms with Crippen molar-refractivity contribution < 1.29 is 9.53 Å². The number of carbonyl (C=O) groups is 1. The maximum atomic E-state index is 11.5. The van der Waals surface area contributed by atoms with E-state index < -0.39 is 0 Å². The van der Waals surface area contributed by atoms with Crippen molar-refractivity contribution in [3.63, 3.8) is 0 Å². The van der Waals surface area contributed by atoms with Gasteiger partial charge in [0.15, 0.2) is 0 Å². The zero-order valence-electron chi connectivity index (χ0n) is 10.7. The molecule has 0 rings (SSSR count). The number of ether oxygens (including phenoxy) is 1. The molecule has 0 aromatic rings. The SMILES string of the molecule is CCC(OC(=O)CCCNC)C(C)(C)C. The van der Waals surface area contributed by atoms with Crippen LogP contribution in [0.5, 0.6) is 0 Å². The van der Waals surface area contributed by atoms with Crippen LogP contribution in [0.1, 0.15) is 47.0 Å².